The molecule has 0 fully saturated rings. The van der Waals surface area contributed by atoms with Crippen LogP contribution in [0.3, 0.4) is 0 Å². The molecule has 0 bridgehead atoms. The predicted molar refractivity (Wildman–Crippen MR) is 84.7 cm³/mol. The van der Waals surface area contributed by atoms with Crippen molar-refractivity contribution >= 4 is 33.6 Å². The van der Waals surface area contributed by atoms with Crippen molar-refractivity contribution in [3.8, 4) is 0 Å². The molecule has 128 valence electrons. The van der Waals surface area contributed by atoms with Gasteiger partial charge in [0, 0.05) is 20.2 Å². The van der Waals surface area contributed by atoms with Gasteiger partial charge in [0.1, 0.15) is 0 Å². The average molecular weight is 359 g/mol. The number of nitrogens with one attached hydrogen (secondary N) is 1. The van der Waals surface area contributed by atoms with E-state index in [1.54, 1.807) is 19.0 Å². The molecule has 0 aliphatic rings. The number of anilines is 2. The molecule has 2 aromatic rings. The van der Waals surface area contributed by atoms with Crippen molar-refractivity contribution in [1.29, 1.82) is 0 Å². The summed E-state index contributed by atoms with van der Waals surface area (Å²) in [6.45, 7) is 0. The highest BCUT2D eigenvalue weighted by atomic mass is 32.1. The molecule has 24 heavy (non-hydrogen) atoms. The van der Waals surface area contributed by atoms with Crippen LogP contribution in [0.5, 0.6) is 0 Å². The molecular formula is C14H12F3N3O3S. The second-order valence-electron chi connectivity index (χ2n) is 4.97. The van der Waals surface area contributed by atoms with Gasteiger partial charge in [-0.3, -0.25) is 14.9 Å². The first-order valence-corrected chi connectivity index (χ1v) is 7.35. The van der Waals surface area contributed by atoms with Crippen LogP contribution in [-0.2, 0) is 6.18 Å². The molecule has 0 saturated carbocycles. The zero-order valence-electron chi connectivity index (χ0n) is 12.5. The molecule has 1 N–H and O–H groups in total. The van der Waals surface area contributed by atoms with E-state index in [1.165, 1.54) is 18.2 Å². The van der Waals surface area contributed by atoms with Gasteiger partial charge in [0.15, 0.2) is 0 Å². The van der Waals surface area contributed by atoms with Crippen LogP contribution in [0.4, 0.5) is 29.5 Å². The summed E-state index contributed by atoms with van der Waals surface area (Å²) in [4.78, 5) is 23.7. The third-order valence-electron chi connectivity index (χ3n) is 3.05. The van der Waals surface area contributed by atoms with E-state index >= 15 is 0 Å². The van der Waals surface area contributed by atoms with E-state index in [-0.39, 0.29) is 15.6 Å². The van der Waals surface area contributed by atoms with Crippen molar-refractivity contribution in [3.05, 3.63) is 50.9 Å². The molecule has 0 unspecified atom stereocenters. The molecule has 6 nitrogen and oxygen atoms in total. The highest BCUT2D eigenvalue weighted by Crippen LogP contribution is 2.35. The highest BCUT2D eigenvalue weighted by molar-refractivity contribution is 7.17. The molecule has 1 amide bonds. The van der Waals surface area contributed by atoms with Crippen LogP contribution >= 0.6 is 11.3 Å². The van der Waals surface area contributed by atoms with E-state index in [9.17, 15) is 28.1 Å². The van der Waals surface area contributed by atoms with Gasteiger partial charge >= 0.3 is 11.2 Å². The Morgan fingerprint density at radius 2 is 1.92 bits per heavy atom. The van der Waals surface area contributed by atoms with Crippen molar-refractivity contribution < 1.29 is 22.9 Å². The lowest BCUT2D eigenvalue weighted by atomic mass is 10.1. The molecule has 1 heterocycles. The number of nitrogens with zero attached hydrogens (tertiary/aromatic N) is 2. The van der Waals surface area contributed by atoms with Gasteiger partial charge in [0.05, 0.1) is 26.7 Å². The molecule has 0 radical (unpaired) electrons. The minimum atomic E-state index is -4.55. The van der Waals surface area contributed by atoms with Crippen LogP contribution in [-0.4, -0.2) is 24.9 Å². The van der Waals surface area contributed by atoms with Gasteiger partial charge in [-0.15, -0.1) is 0 Å². The molecule has 0 spiro atoms. The van der Waals surface area contributed by atoms with Crippen LogP contribution in [0.2, 0.25) is 0 Å². The number of hydrogen-bond acceptors (Lipinski definition) is 5. The van der Waals surface area contributed by atoms with E-state index in [4.69, 9.17) is 0 Å². The Bertz CT molecular complexity index is 787. The summed E-state index contributed by atoms with van der Waals surface area (Å²) < 4.78 is 38.6. The Hall–Kier alpha value is -2.62. The molecule has 0 aliphatic heterocycles. The van der Waals surface area contributed by atoms with Crippen molar-refractivity contribution in [1.82, 2.24) is 0 Å². The van der Waals surface area contributed by atoms with Gasteiger partial charge in [-0.25, -0.2) is 0 Å². The Morgan fingerprint density at radius 1 is 1.25 bits per heavy atom. The minimum absolute atomic E-state index is 0.0313. The molecule has 1 aromatic heterocycles. The second-order valence-corrected chi connectivity index (χ2v) is 6.04. The van der Waals surface area contributed by atoms with Crippen LogP contribution < -0.4 is 10.2 Å². The Labute approximate surface area is 138 Å². The first-order chi connectivity index (χ1) is 11.1. The topological polar surface area (TPSA) is 75.5 Å². The first kappa shape index (κ1) is 17.7. The summed E-state index contributed by atoms with van der Waals surface area (Å²) in [6, 6.07) is 5.41. The maximum Gasteiger partial charge on any atom is 0.416 e. The number of rotatable bonds is 4. The number of benzene rings is 1. The van der Waals surface area contributed by atoms with Crippen molar-refractivity contribution in [2.75, 3.05) is 24.3 Å². The van der Waals surface area contributed by atoms with Crippen LogP contribution in [0.15, 0.2) is 30.3 Å². The molecule has 0 aliphatic carbocycles. The monoisotopic (exact) mass is 359 g/mol. The number of nitro groups is 1. The van der Waals surface area contributed by atoms with E-state index in [0.717, 1.165) is 12.1 Å². The first-order valence-electron chi connectivity index (χ1n) is 6.53. The maximum absolute atomic E-state index is 12.9. The quantitative estimate of drug-likeness (QED) is 0.661. The number of halogens is 3. The SMILES string of the molecule is CN(C)c1ccc(C(F)(F)F)cc1NC(=O)c1ccc([N+](=O)[O-])s1. The molecule has 10 heteroatoms. The number of thiophene rings is 1. The third-order valence-corrected chi connectivity index (χ3v) is 4.09. The summed E-state index contributed by atoms with van der Waals surface area (Å²) in [5.41, 5.74) is -0.557. The Balaban J connectivity index is 2.35. The average Bonchev–Trinajstić information content (AvgIpc) is 2.96. The predicted octanol–water partition coefficient (Wildman–Crippen LogP) is 3.99. The molecule has 2 rings (SSSR count). The molecule has 1 aromatic carbocycles. The van der Waals surface area contributed by atoms with Gasteiger partial charge < -0.3 is 10.2 Å². The lowest BCUT2D eigenvalue weighted by Crippen LogP contribution is -2.17. The molecular weight excluding hydrogens is 347 g/mol. The van der Waals surface area contributed by atoms with Gasteiger partial charge in [0.2, 0.25) is 0 Å². The van der Waals surface area contributed by atoms with Crippen molar-refractivity contribution in [2.24, 2.45) is 0 Å². The van der Waals surface area contributed by atoms with E-state index in [0.29, 0.717) is 17.0 Å². The van der Waals surface area contributed by atoms with Gasteiger partial charge in [0.25, 0.3) is 5.91 Å². The lowest BCUT2D eigenvalue weighted by Gasteiger charge is -2.19. The fourth-order valence-electron chi connectivity index (χ4n) is 1.93. The number of hydrogen-bond donors (Lipinski definition) is 1. The largest absolute Gasteiger partial charge is 0.416 e. The summed E-state index contributed by atoms with van der Waals surface area (Å²) in [7, 11) is 3.24. The number of amides is 1. The van der Waals surface area contributed by atoms with Crippen LogP contribution in [0, 0.1) is 10.1 Å². The van der Waals surface area contributed by atoms with Crippen LogP contribution in [0.25, 0.3) is 0 Å². The fraction of sp³-hybridized carbons (Fsp3) is 0.214. The second kappa shape index (κ2) is 6.48. The van der Waals surface area contributed by atoms with E-state index in [1.807, 2.05) is 0 Å². The van der Waals surface area contributed by atoms with Crippen LogP contribution in [0.1, 0.15) is 15.2 Å². The maximum atomic E-state index is 12.9. The number of carbonyl (C=O) groups excluding carboxylic acids is 1. The summed E-state index contributed by atoms with van der Waals surface area (Å²) in [5, 5.41) is 12.8. The summed E-state index contributed by atoms with van der Waals surface area (Å²) in [6.07, 6.45) is -4.55. The fourth-order valence-corrected chi connectivity index (χ4v) is 2.65. The zero-order chi connectivity index (χ0) is 18.1. The lowest BCUT2D eigenvalue weighted by molar-refractivity contribution is -0.380. The third kappa shape index (κ3) is 3.82. The van der Waals surface area contributed by atoms with E-state index in [2.05, 4.69) is 5.32 Å². The Morgan fingerprint density at radius 3 is 2.42 bits per heavy atom. The van der Waals surface area contributed by atoms with E-state index < -0.39 is 22.6 Å². The van der Waals surface area contributed by atoms with Gasteiger partial charge in [-0.1, -0.05) is 11.3 Å². The van der Waals surface area contributed by atoms with Crippen molar-refractivity contribution in [2.45, 2.75) is 6.18 Å². The van der Waals surface area contributed by atoms with Crippen molar-refractivity contribution in [3.63, 3.8) is 0 Å². The summed E-state index contributed by atoms with van der Waals surface area (Å²) >= 11 is 0.645. The summed E-state index contributed by atoms with van der Waals surface area (Å²) in [5.74, 6) is -0.712. The molecule has 0 atom stereocenters. The highest BCUT2D eigenvalue weighted by Gasteiger charge is 2.31. The normalized spacial score (nSPS) is 11.2. The zero-order valence-corrected chi connectivity index (χ0v) is 13.4. The standard InChI is InChI=1S/C14H12F3N3O3S/c1-19(2)10-4-3-8(14(15,16)17)7-9(10)18-13(21)11-5-6-12(24-11)20(22)23/h3-7H,1-2H3,(H,18,21). The minimum Gasteiger partial charge on any atom is -0.376 e. The molecule has 0 saturated heterocycles. The van der Waals surface area contributed by atoms with Gasteiger partial charge in [-0.05, 0) is 24.3 Å². The number of alkyl halides is 3. The smallest absolute Gasteiger partial charge is 0.376 e. The Kier molecular flexibility index (Phi) is 4.78. The number of carbonyl (C=O) groups is 1. The van der Waals surface area contributed by atoms with Gasteiger partial charge in [-0.2, -0.15) is 13.2 Å².